The van der Waals surface area contributed by atoms with Gasteiger partial charge in [0.25, 0.3) is 17.7 Å². The van der Waals surface area contributed by atoms with E-state index in [1.807, 2.05) is 0 Å². The molecule has 2 atom stereocenters. The van der Waals surface area contributed by atoms with Crippen LogP contribution in [-0.2, 0) is 9.53 Å². The third kappa shape index (κ3) is 3.63. The van der Waals surface area contributed by atoms with Crippen LogP contribution in [0.2, 0.25) is 0 Å². The highest BCUT2D eigenvalue weighted by Crippen LogP contribution is 2.30. The fraction of sp³-hybridized carbons (Fsp3) is 0.294. The van der Waals surface area contributed by atoms with E-state index < -0.39 is 47.3 Å². The molecular weight excluding hydrogens is 387 g/mol. The lowest BCUT2D eigenvalue weighted by Crippen LogP contribution is -2.41. The highest BCUT2D eigenvalue weighted by molar-refractivity contribution is 6.03. The van der Waals surface area contributed by atoms with Crippen LogP contribution in [0.5, 0.6) is 0 Å². The number of primary amides is 2. The lowest BCUT2D eigenvalue weighted by molar-refractivity contribution is -0.145. The van der Waals surface area contributed by atoms with E-state index in [0.717, 1.165) is 17.9 Å². The van der Waals surface area contributed by atoms with Crippen LogP contribution in [0.4, 0.5) is 4.39 Å². The fourth-order valence-electron chi connectivity index (χ4n) is 3.31. The van der Waals surface area contributed by atoms with Crippen molar-refractivity contribution >= 4 is 23.7 Å². The summed E-state index contributed by atoms with van der Waals surface area (Å²) in [5.41, 5.74) is 9.81. The first-order chi connectivity index (χ1) is 13.7. The molecule has 1 aromatic heterocycles. The molecule has 2 aromatic rings. The average molecular weight is 404 g/mol. The molecule has 1 fully saturated rings. The number of aromatic nitrogens is 3. The van der Waals surface area contributed by atoms with Gasteiger partial charge in [-0.25, -0.2) is 13.9 Å². The van der Waals surface area contributed by atoms with Crippen molar-refractivity contribution in [2.75, 3.05) is 13.7 Å². The van der Waals surface area contributed by atoms with Crippen molar-refractivity contribution in [3.8, 4) is 0 Å². The summed E-state index contributed by atoms with van der Waals surface area (Å²) in [4.78, 5) is 49.6. The van der Waals surface area contributed by atoms with Gasteiger partial charge < -0.3 is 21.1 Å². The highest BCUT2D eigenvalue weighted by atomic mass is 19.1. The third-order valence-corrected chi connectivity index (χ3v) is 4.59. The van der Waals surface area contributed by atoms with Gasteiger partial charge in [-0.15, -0.1) is 5.10 Å². The molecule has 0 saturated carbocycles. The van der Waals surface area contributed by atoms with Crippen LogP contribution in [0.15, 0.2) is 24.3 Å². The number of hydrogen-bond donors (Lipinski definition) is 2. The van der Waals surface area contributed by atoms with E-state index >= 15 is 0 Å². The molecular formula is C17H17FN6O5. The monoisotopic (exact) mass is 404 g/mol. The number of ether oxygens (including phenoxy) is 1. The van der Waals surface area contributed by atoms with Crippen molar-refractivity contribution in [2.24, 2.45) is 11.5 Å². The first-order valence-corrected chi connectivity index (χ1v) is 8.43. The van der Waals surface area contributed by atoms with Gasteiger partial charge >= 0.3 is 5.97 Å². The quantitative estimate of drug-likeness (QED) is 0.619. The Labute approximate surface area is 163 Å². The molecule has 0 radical (unpaired) electrons. The van der Waals surface area contributed by atoms with Crippen LogP contribution >= 0.6 is 0 Å². The van der Waals surface area contributed by atoms with Gasteiger partial charge in [0.1, 0.15) is 11.9 Å². The number of rotatable bonds is 5. The van der Waals surface area contributed by atoms with Crippen LogP contribution < -0.4 is 11.5 Å². The molecule has 0 aliphatic carbocycles. The number of nitrogens with two attached hydrogens (primary N) is 2. The summed E-state index contributed by atoms with van der Waals surface area (Å²) in [7, 11) is 1.16. The number of methoxy groups -OCH3 is 1. The van der Waals surface area contributed by atoms with E-state index in [9.17, 15) is 23.6 Å². The number of amides is 3. The Hall–Kier alpha value is -3.83. The number of halogens is 1. The van der Waals surface area contributed by atoms with E-state index in [1.54, 1.807) is 0 Å². The number of esters is 1. The SMILES string of the molecule is COC(=O)C1CC(n2nnc(C(N)=O)c2C(N)=O)CN1C(=O)c1cccc(F)c1. The van der Waals surface area contributed by atoms with Gasteiger partial charge in [0.15, 0.2) is 11.4 Å². The van der Waals surface area contributed by atoms with E-state index in [-0.39, 0.29) is 24.2 Å². The summed E-state index contributed by atoms with van der Waals surface area (Å²) in [6, 6.07) is 3.25. The number of hydrogen-bond acceptors (Lipinski definition) is 7. The minimum absolute atomic E-state index is 0.00949. The summed E-state index contributed by atoms with van der Waals surface area (Å²) in [6.45, 7) is -0.0864. The van der Waals surface area contributed by atoms with E-state index in [4.69, 9.17) is 16.2 Å². The topological polar surface area (TPSA) is 164 Å². The molecule has 12 heteroatoms. The molecule has 0 spiro atoms. The maximum Gasteiger partial charge on any atom is 0.328 e. The van der Waals surface area contributed by atoms with Crippen LogP contribution in [0.25, 0.3) is 0 Å². The van der Waals surface area contributed by atoms with Gasteiger partial charge in [0.2, 0.25) is 0 Å². The van der Waals surface area contributed by atoms with E-state index in [0.29, 0.717) is 0 Å². The number of carbonyl (C=O) groups is 4. The second-order valence-corrected chi connectivity index (χ2v) is 6.36. The molecule has 2 unspecified atom stereocenters. The average Bonchev–Trinajstić information content (AvgIpc) is 3.31. The highest BCUT2D eigenvalue weighted by Gasteiger charge is 2.43. The van der Waals surface area contributed by atoms with Crippen molar-refractivity contribution in [3.05, 3.63) is 47.0 Å². The van der Waals surface area contributed by atoms with Crippen LogP contribution in [-0.4, -0.2) is 63.3 Å². The van der Waals surface area contributed by atoms with Gasteiger partial charge in [-0.1, -0.05) is 11.3 Å². The zero-order valence-corrected chi connectivity index (χ0v) is 15.2. The van der Waals surface area contributed by atoms with Crippen molar-refractivity contribution in [1.82, 2.24) is 19.9 Å². The maximum absolute atomic E-state index is 13.5. The number of carbonyl (C=O) groups excluding carboxylic acids is 4. The summed E-state index contributed by atoms with van der Waals surface area (Å²) < 4.78 is 19.3. The van der Waals surface area contributed by atoms with E-state index in [2.05, 4.69) is 10.3 Å². The number of benzene rings is 1. The van der Waals surface area contributed by atoms with Crippen molar-refractivity contribution in [3.63, 3.8) is 0 Å². The van der Waals surface area contributed by atoms with Crippen molar-refractivity contribution < 1.29 is 28.3 Å². The Bertz CT molecular complexity index is 1010. The van der Waals surface area contributed by atoms with Crippen LogP contribution in [0.3, 0.4) is 0 Å². The Balaban J connectivity index is 1.98. The van der Waals surface area contributed by atoms with Gasteiger partial charge in [-0.3, -0.25) is 14.4 Å². The second kappa shape index (κ2) is 7.66. The first kappa shape index (κ1) is 19.9. The third-order valence-electron chi connectivity index (χ3n) is 4.59. The summed E-state index contributed by atoms with van der Waals surface area (Å²) in [5, 5.41) is 7.34. The molecule has 3 amide bonds. The summed E-state index contributed by atoms with van der Waals surface area (Å²) in [5.74, 6) is -3.92. The van der Waals surface area contributed by atoms with Crippen LogP contribution in [0.1, 0.15) is 43.8 Å². The predicted molar refractivity (Wildman–Crippen MR) is 94.0 cm³/mol. The van der Waals surface area contributed by atoms with Crippen molar-refractivity contribution in [1.29, 1.82) is 0 Å². The van der Waals surface area contributed by atoms with Crippen LogP contribution in [0, 0.1) is 5.82 Å². The molecule has 3 rings (SSSR count). The standard InChI is InChI=1S/C17H17FN6O5/c1-29-17(28)11-6-10(24-13(15(20)26)12(14(19)25)21-22-24)7-23(11)16(27)8-3-2-4-9(18)5-8/h2-5,10-11H,6-7H2,1H3,(H2,19,25)(H2,20,26). The molecule has 1 aliphatic rings. The molecule has 1 aliphatic heterocycles. The van der Waals surface area contributed by atoms with Gasteiger partial charge in [0.05, 0.1) is 13.2 Å². The Morgan fingerprint density at radius 1 is 1.21 bits per heavy atom. The zero-order valence-electron chi connectivity index (χ0n) is 15.2. The number of likely N-dealkylation sites (tertiary alicyclic amines) is 1. The summed E-state index contributed by atoms with van der Waals surface area (Å²) in [6.07, 6.45) is 0.00949. The largest absolute Gasteiger partial charge is 0.467 e. The molecule has 29 heavy (non-hydrogen) atoms. The first-order valence-electron chi connectivity index (χ1n) is 8.43. The predicted octanol–water partition coefficient (Wildman–Crippen LogP) is -0.756. The molecule has 11 nitrogen and oxygen atoms in total. The minimum Gasteiger partial charge on any atom is -0.467 e. The Morgan fingerprint density at radius 2 is 1.93 bits per heavy atom. The second-order valence-electron chi connectivity index (χ2n) is 6.36. The minimum atomic E-state index is -1.03. The smallest absolute Gasteiger partial charge is 0.328 e. The Morgan fingerprint density at radius 3 is 2.52 bits per heavy atom. The normalized spacial score (nSPS) is 18.5. The lowest BCUT2D eigenvalue weighted by atomic mass is 10.1. The Kier molecular flexibility index (Phi) is 5.26. The van der Waals surface area contributed by atoms with Crippen molar-refractivity contribution in [2.45, 2.75) is 18.5 Å². The molecule has 4 N–H and O–H groups in total. The molecule has 2 heterocycles. The summed E-state index contributed by atoms with van der Waals surface area (Å²) >= 11 is 0. The number of nitrogens with zero attached hydrogens (tertiary/aromatic N) is 4. The fourth-order valence-corrected chi connectivity index (χ4v) is 3.31. The molecule has 152 valence electrons. The molecule has 0 bridgehead atoms. The molecule has 1 aromatic carbocycles. The van der Waals surface area contributed by atoms with Gasteiger partial charge in [-0.2, -0.15) is 0 Å². The molecule has 1 saturated heterocycles. The zero-order chi connectivity index (χ0) is 21.3. The lowest BCUT2D eigenvalue weighted by Gasteiger charge is -2.22. The maximum atomic E-state index is 13.5. The van der Waals surface area contributed by atoms with Gasteiger partial charge in [0, 0.05) is 18.5 Å². The van der Waals surface area contributed by atoms with Gasteiger partial charge in [-0.05, 0) is 18.2 Å². The van der Waals surface area contributed by atoms with E-state index in [1.165, 1.54) is 23.1 Å².